The number of halogens is 1. The molecular weight excluding hydrogens is 439 g/mol. The number of likely N-dealkylation sites (N-methyl/N-ethyl adjacent to an activating group) is 1. The van der Waals surface area contributed by atoms with Crippen molar-refractivity contribution < 1.29 is 4.79 Å². The summed E-state index contributed by atoms with van der Waals surface area (Å²) in [5.74, 6) is -0.390. The van der Waals surface area contributed by atoms with Crippen LogP contribution in [0.2, 0.25) is 0 Å². The summed E-state index contributed by atoms with van der Waals surface area (Å²) in [5.41, 5.74) is 2.95. The number of benzene rings is 1. The van der Waals surface area contributed by atoms with Gasteiger partial charge in [0.25, 0.3) is 5.91 Å². The van der Waals surface area contributed by atoms with E-state index in [1.54, 1.807) is 18.6 Å². The van der Waals surface area contributed by atoms with E-state index in [2.05, 4.69) is 32.9 Å². The summed E-state index contributed by atoms with van der Waals surface area (Å²) in [6, 6.07) is 11.7. The second-order valence-corrected chi connectivity index (χ2v) is 7.05. The molecule has 134 valence electrons. The van der Waals surface area contributed by atoms with Crippen LogP contribution in [-0.4, -0.2) is 28.9 Å². The number of carbonyl (C=O) groups is 1. The third-order valence-electron chi connectivity index (χ3n) is 3.96. The number of aromatic nitrogens is 1. The van der Waals surface area contributed by atoms with E-state index in [-0.39, 0.29) is 11.5 Å². The topological polar surface area (TPSA) is 69.0 Å². The van der Waals surface area contributed by atoms with E-state index in [0.29, 0.717) is 6.54 Å². The first-order valence-electron chi connectivity index (χ1n) is 8.36. The number of aryl methyl sites for hydroxylation is 1. The van der Waals surface area contributed by atoms with E-state index in [1.165, 1.54) is 5.56 Å². The van der Waals surface area contributed by atoms with Crippen LogP contribution in [-0.2, 0) is 11.2 Å². The van der Waals surface area contributed by atoms with Crippen LogP contribution in [0.1, 0.15) is 18.1 Å². The molecule has 1 aromatic carbocycles. The maximum atomic E-state index is 12.5. The third-order valence-corrected chi connectivity index (χ3v) is 4.63. The number of nitrogens with one attached hydrogen (secondary N) is 1. The maximum Gasteiger partial charge on any atom is 0.267 e. The Morgan fingerprint density at radius 2 is 2.08 bits per heavy atom. The van der Waals surface area contributed by atoms with Crippen LogP contribution in [0.4, 0.5) is 5.69 Å². The molecule has 1 N–H and O–H groups in total. The van der Waals surface area contributed by atoms with Gasteiger partial charge in [0.05, 0.1) is 0 Å². The molecule has 5 nitrogen and oxygen atoms in total. The first-order chi connectivity index (χ1) is 12.5. The van der Waals surface area contributed by atoms with E-state index in [4.69, 9.17) is 0 Å². The quantitative estimate of drug-likeness (QED) is 0.387. The van der Waals surface area contributed by atoms with Crippen LogP contribution < -0.4 is 5.32 Å². The zero-order valence-electron chi connectivity index (χ0n) is 14.9. The van der Waals surface area contributed by atoms with Gasteiger partial charge in [-0.25, -0.2) is 0 Å². The minimum atomic E-state index is -0.390. The van der Waals surface area contributed by atoms with Crippen LogP contribution in [0, 0.1) is 21.8 Å². The molecule has 0 aliphatic carbocycles. The molecule has 0 fully saturated rings. The van der Waals surface area contributed by atoms with Crippen molar-refractivity contribution in [3.63, 3.8) is 0 Å². The molecule has 2 rings (SSSR count). The van der Waals surface area contributed by atoms with Crippen molar-refractivity contribution in [1.29, 1.82) is 5.26 Å². The molecule has 0 atom stereocenters. The molecule has 0 saturated carbocycles. The Labute approximate surface area is 167 Å². The second kappa shape index (κ2) is 9.92. The number of carbonyl (C=O) groups excluding carboxylic acids is 1. The summed E-state index contributed by atoms with van der Waals surface area (Å²) in [4.78, 5) is 18.4. The third kappa shape index (κ3) is 5.85. The van der Waals surface area contributed by atoms with Crippen molar-refractivity contribution in [2.24, 2.45) is 0 Å². The number of amides is 1. The zero-order chi connectivity index (χ0) is 18.9. The smallest absolute Gasteiger partial charge is 0.267 e. The normalized spacial score (nSPS) is 10.9. The van der Waals surface area contributed by atoms with Crippen molar-refractivity contribution in [1.82, 2.24) is 9.88 Å². The predicted octanol–water partition coefficient (Wildman–Crippen LogP) is 3.91. The lowest BCUT2D eigenvalue weighted by molar-refractivity contribution is -0.112. The number of nitriles is 1. The molecule has 0 radical (unpaired) electrons. The summed E-state index contributed by atoms with van der Waals surface area (Å²) in [6.07, 6.45) is 5.99. The van der Waals surface area contributed by atoms with Gasteiger partial charge in [-0.1, -0.05) is 0 Å². The summed E-state index contributed by atoms with van der Waals surface area (Å²) in [6.45, 7) is 5.37. The van der Waals surface area contributed by atoms with Gasteiger partial charge in [0.2, 0.25) is 0 Å². The maximum absolute atomic E-state index is 12.5. The second-order valence-electron chi connectivity index (χ2n) is 5.80. The fourth-order valence-corrected chi connectivity index (χ4v) is 3.06. The average Bonchev–Trinajstić information content (AvgIpc) is 2.65. The number of hydrogen-bond donors (Lipinski definition) is 1. The van der Waals surface area contributed by atoms with Crippen LogP contribution in [0.5, 0.6) is 0 Å². The Kier molecular flexibility index (Phi) is 7.60. The fourth-order valence-electron chi connectivity index (χ4n) is 2.41. The number of pyridine rings is 1. The van der Waals surface area contributed by atoms with Crippen molar-refractivity contribution in [3.05, 3.63) is 69.2 Å². The fraction of sp³-hybridized carbons (Fsp3) is 0.250. The van der Waals surface area contributed by atoms with E-state index in [1.807, 2.05) is 55.1 Å². The first-order valence-corrected chi connectivity index (χ1v) is 9.43. The van der Waals surface area contributed by atoms with Gasteiger partial charge < -0.3 is 10.2 Å². The van der Waals surface area contributed by atoms with Gasteiger partial charge in [0.15, 0.2) is 0 Å². The SMILES string of the molecule is CCN(/C=C(/C#N)C(=O)Nc1ccc(I)cc1C)CCc1ccncc1. The molecule has 1 heterocycles. The van der Waals surface area contributed by atoms with E-state index >= 15 is 0 Å². The van der Waals surface area contributed by atoms with Gasteiger partial charge in [-0.2, -0.15) is 5.26 Å². The van der Waals surface area contributed by atoms with Crippen molar-refractivity contribution in [2.75, 3.05) is 18.4 Å². The molecule has 1 amide bonds. The molecule has 2 aromatic rings. The van der Waals surface area contributed by atoms with Crippen LogP contribution in [0.15, 0.2) is 54.5 Å². The molecule has 0 aliphatic heterocycles. The molecule has 0 bridgehead atoms. The molecule has 0 spiro atoms. The zero-order valence-corrected chi connectivity index (χ0v) is 17.0. The Morgan fingerprint density at radius 3 is 2.69 bits per heavy atom. The van der Waals surface area contributed by atoms with Crippen molar-refractivity contribution in [3.8, 4) is 6.07 Å². The summed E-state index contributed by atoms with van der Waals surface area (Å²) >= 11 is 2.22. The predicted molar refractivity (Wildman–Crippen MR) is 111 cm³/mol. The molecule has 26 heavy (non-hydrogen) atoms. The Hall–Kier alpha value is -2.40. The highest BCUT2D eigenvalue weighted by Crippen LogP contribution is 2.18. The monoisotopic (exact) mass is 460 g/mol. The number of rotatable bonds is 7. The lowest BCUT2D eigenvalue weighted by atomic mass is 10.2. The highest BCUT2D eigenvalue weighted by Gasteiger charge is 2.12. The Balaban J connectivity index is 2.06. The largest absolute Gasteiger partial charge is 0.376 e. The highest BCUT2D eigenvalue weighted by molar-refractivity contribution is 14.1. The molecule has 0 saturated heterocycles. The van der Waals surface area contributed by atoms with E-state index < -0.39 is 0 Å². The number of hydrogen-bond acceptors (Lipinski definition) is 4. The van der Waals surface area contributed by atoms with Crippen LogP contribution >= 0.6 is 22.6 Å². The number of anilines is 1. The summed E-state index contributed by atoms with van der Waals surface area (Å²) in [5, 5.41) is 12.2. The van der Waals surface area contributed by atoms with Gasteiger partial charge in [0, 0.05) is 40.9 Å². The summed E-state index contributed by atoms with van der Waals surface area (Å²) in [7, 11) is 0. The first kappa shape index (κ1) is 19.9. The highest BCUT2D eigenvalue weighted by atomic mass is 127. The van der Waals surface area contributed by atoms with E-state index in [0.717, 1.165) is 27.8 Å². The Bertz CT molecular complexity index is 827. The van der Waals surface area contributed by atoms with E-state index in [9.17, 15) is 10.1 Å². The van der Waals surface area contributed by atoms with Crippen molar-refractivity contribution in [2.45, 2.75) is 20.3 Å². The minimum Gasteiger partial charge on any atom is -0.376 e. The van der Waals surface area contributed by atoms with Crippen LogP contribution in [0.3, 0.4) is 0 Å². The van der Waals surface area contributed by atoms with Gasteiger partial charge in [-0.05, 0) is 84.3 Å². The van der Waals surface area contributed by atoms with Gasteiger partial charge in [-0.3, -0.25) is 9.78 Å². The van der Waals surface area contributed by atoms with Gasteiger partial charge in [-0.15, -0.1) is 0 Å². The molecule has 6 heteroatoms. The van der Waals surface area contributed by atoms with Crippen molar-refractivity contribution >= 4 is 34.2 Å². The average molecular weight is 460 g/mol. The summed E-state index contributed by atoms with van der Waals surface area (Å²) < 4.78 is 1.10. The number of nitrogens with zero attached hydrogens (tertiary/aromatic N) is 3. The molecular formula is C20H21IN4O. The molecule has 0 unspecified atom stereocenters. The molecule has 1 aromatic heterocycles. The standard InChI is InChI=1S/C20H21IN4O/c1-3-25(11-8-16-6-9-23-10-7-16)14-17(13-22)20(26)24-19-5-4-18(21)12-15(19)2/h4-7,9-10,12,14H,3,8,11H2,1-2H3,(H,24,26)/b17-14-. The molecule has 0 aliphatic rings. The van der Waals surface area contributed by atoms with Crippen LogP contribution in [0.25, 0.3) is 0 Å². The lowest BCUT2D eigenvalue weighted by Crippen LogP contribution is -2.23. The lowest BCUT2D eigenvalue weighted by Gasteiger charge is -2.19. The van der Waals surface area contributed by atoms with Gasteiger partial charge in [0.1, 0.15) is 11.6 Å². The minimum absolute atomic E-state index is 0.0968. The van der Waals surface area contributed by atoms with Gasteiger partial charge >= 0.3 is 0 Å². The Morgan fingerprint density at radius 1 is 1.35 bits per heavy atom.